The van der Waals surface area contributed by atoms with E-state index in [1.54, 1.807) is 0 Å². The first kappa shape index (κ1) is 23.5. The van der Waals surface area contributed by atoms with E-state index in [1.165, 1.54) is 18.4 Å². The molecule has 2 heterocycles. The lowest BCUT2D eigenvalue weighted by molar-refractivity contribution is -0.137. The van der Waals surface area contributed by atoms with Gasteiger partial charge in [0.05, 0.1) is 5.41 Å². The Kier molecular flexibility index (Phi) is 7.81. The van der Waals surface area contributed by atoms with Crippen molar-refractivity contribution in [3.8, 4) is 0 Å². The second kappa shape index (κ2) is 11.0. The van der Waals surface area contributed by atoms with Crippen molar-refractivity contribution in [2.45, 2.75) is 56.4 Å². The lowest BCUT2D eigenvalue weighted by atomic mass is 9.72. The van der Waals surface area contributed by atoms with Crippen molar-refractivity contribution >= 4 is 11.8 Å². The van der Waals surface area contributed by atoms with Crippen LogP contribution in [-0.2, 0) is 21.4 Å². The zero-order valence-electron chi connectivity index (χ0n) is 19.8. The van der Waals surface area contributed by atoms with Crippen LogP contribution in [0.3, 0.4) is 0 Å². The van der Waals surface area contributed by atoms with Crippen LogP contribution < -0.4 is 5.32 Å². The Bertz CT molecular complexity index is 907. The highest BCUT2D eigenvalue weighted by Crippen LogP contribution is 2.36. The molecule has 4 rings (SSSR count). The molecule has 0 bridgehead atoms. The number of amides is 2. The summed E-state index contributed by atoms with van der Waals surface area (Å²) < 4.78 is 0. The van der Waals surface area contributed by atoms with E-state index in [0.29, 0.717) is 44.9 Å². The predicted molar refractivity (Wildman–Crippen MR) is 132 cm³/mol. The van der Waals surface area contributed by atoms with Gasteiger partial charge in [-0.1, -0.05) is 60.7 Å². The molecule has 5 heteroatoms. The second-order valence-electron chi connectivity index (χ2n) is 9.64. The van der Waals surface area contributed by atoms with E-state index in [0.717, 1.165) is 24.9 Å². The molecule has 1 atom stereocenters. The number of nitrogens with zero attached hydrogens (tertiary/aromatic N) is 2. The number of carbonyl (C=O) groups excluding carboxylic acids is 2. The van der Waals surface area contributed by atoms with E-state index >= 15 is 0 Å². The molecule has 2 aromatic rings. The molecule has 176 valence electrons. The van der Waals surface area contributed by atoms with Crippen molar-refractivity contribution in [3.63, 3.8) is 0 Å². The zero-order chi connectivity index (χ0) is 23.1. The van der Waals surface area contributed by atoms with E-state index in [-0.39, 0.29) is 11.8 Å². The van der Waals surface area contributed by atoms with Gasteiger partial charge in [-0.2, -0.15) is 0 Å². The SMILES string of the molecule is CN1CCCC1CCNC(=O)C1(c2ccccc2)CCN(C(=O)CCc2ccccc2)CC1. The van der Waals surface area contributed by atoms with Crippen LogP contribution in [0, 0.1) is 0 Å². The van der Waals surface area contributed by atoms with E-state index in [1.807, 2.05) is 41.3 Å². The number of likely N-dealkylation sites (tertiary alicyclic amines) is 2. The summed E-state index contributed by atoms with van der Waals surface area (Å²) in [4.78, 5) is 30.7. The van der Waals surface area contributed by atoms with Crippen LogP contribution >= 0.6 is 0 Å². The predicted octanol–water partition coefficient (Wildman–Crippen LogP) is 3.78. The third-order valence-electron chi connectivity index (χ3n) is 7.64. The Balaban J connectivity index is 1.36. The minimum absolute atomic E-state index is 0.116. The Hall–Kier alpha value is -2.66. The molecule has 2 aromatic carbocycles. The highest BCUT2D eigenvalue weighted by Gasteiger charge is 2.43. The quantitative estimate of drug-likeness (QED) is 0.670. The van der Waals surface area contributed by atoms with Crippen LogP contribution in [0.1, 0.15) is 49.7 Å². The molecule has 2 saturated heterocycles. The summed E-state index contributed by atoms with van der Waals surface area (Å²) in [6.07, 6.45) is 6.08. The maximum Gasteiger partial charge on any atom is 0.230 e. The van der Waals surface area contributed by atoms with Crippen molar-refractivity contribution in [1.29, 1.82) is 0 Å². The first-order valence-electron chi connectivity index (χ1n) is 12.4. The number of hydrogen-bond donors (Lipinski definition) is 1. The average molecular weight is 448 g/mol. The van der Waals surface area contributed by atoms with Crippen molar-refractivity contribution in [2.75, 3.05) is 33.2 Å². The maximum atomic E-state index is 13.5. The van der Waals surface area contributed by atoms with Crippen LogP contribution in [0.2, 0.25) is 0 Å². The van der Waals surface area contributed by atoms with Crippen LogP contribution in [0.25, 0.3) is 0 Å². The van der Waals surface area contributed by atoms with E-state index < -0.39 is 5.41 Å². The van der Waals surface area contributed by atoms with Crippen LogP contribution in [0.5, 0.6) is 0 Å². The number of aryl methyl sites for hydroxylation is 1. The molecule has 1 N–H and O–H groups in total. The summed E-state index contributed by atoms with van der Waals surface area (Å²) in [5, 5.41) is 3.26. The third-order valence-corrected chi connectivity index (χ3v) is 7.64. The molecule has 33 heavy (non-hydrogen) atoms. The maximum absolute atomic E-state index is 13.5. The Morgan fingerprint density at radius 3 is 2.27 bits per heavy atom. The van der Waals surface area contributed by atoms with Crippen LogP contribution in [0.15, 0.2) is 60.7 Å². The van der Waals surface area contributed by atoms with Gasteiger partial charge in [-0.3, -0.25) is 9.59 Å². The monoisotopic (exact) mass is 447 g/mol. The minimum atomic E-state index is -0.557. The molecular formula is C28H37N3O2. The Morgan fingerprint density at radius 1 is 0.970 bits per heavy atom. The average Bonchev–Trinajstić information content (AvgIpc) is 3.28. The smallest absolute Gasteiger partial charge is 0.230 e. The summed E-state index contributed by atoms with van der Waals surface area (Å²) in [6.45, 7) is 3.12. The first-order valence-corrected chi connectivity index (χ1v) is 12.4. The molecule has 5 nitrogen and oxygen atoms in total. The van der Waals surface area contributed by atoms with E-state index in [2.05, 4.69) is 41.5 Å². The summed E-state index contributed by atoms with van der Waals surface area (Å²) in [6, 6.07) is 20.9. The summed E-state index contributed by atoms with van der Waals surface area (Å²) in [5.74, 6) is 0.302. The van der Waals surface area contributed by atoms with Gasteiger partial charge in [-0.05, 0) is 63.2 Å². The van der Waals surface area contributed by atoms with Crippen molar-refractivity contribution in [2.24, 2.45) is 0 Å². The van der Waals surface area contributed by atoms with Gasteiger partial charge in [0.25, 0.3) is 0 Å². The minimum Gasteiger partial charge on any atom is -0.355 e. The molecule has 0 radical (unpaired) electrons. The largest absolute Gasteiger partial charge is 0.355 e. The van der Waals surface area contributed by atoms with Gasteiger partial charge in [-0.15, -0.1) is 0 Å². The van der Waals surface area contributed by atoms with Crippen molar-refractivity contribution in [3.05, 3.63) is 71.8 Å². The van der Waals surface area contributed by atoms with Gasteiger partial charge in [0.15, 0.2) is 0 Å². The Labute approximate surface area is 198 Å². The molecule has 0 spiro atoms. The van der Waals surface area contributed by atoms with Crippen LogP contribution in [-0.4, -0.2) is 60.9 Å². The number of hydrogen-bond acceptors (Lipinski definition) is 3. The van der Waals surface area contributed by atoms with Gasteiger partial charge in [-0.25, -0.2) is 0 Å². The topological polar surface area (TPSA) is 52.7 Å². The number of nitrogens with one attached hydrogen (secondary N) is 1. The number of piperidine rings is 1. The van der Waals surface area contributed by atoms with Crippen molar-refractivity contribution in [1.82, 2.24) is 15.1 Å². The highest BCUT2D eigenvalue weighted by molar-refractivity contribution is 5.89. The van der Waals surface area contributed by atoms with E-state index in [9.17, 15) is 9.59 Å². The molecule has 0 saturated carbocycles. The van der Waals surface area contributed by atoms with E-state index in [4.69, 9.17) is 0 Å². The fraction of sp³-hybridized carbons (Fsp3) is 0.500. The van der Waals surface area contributed by atoms with Gasteiger partial charge in [0, 0.05) is 32.1 Å². The zero-order valence-corrected chi connectivity index (χ0v) is 19.8. The Morgan fingerprint density at radius 2 is 1.64 bits per heavy atom. The van der Waals surface area contributed by atoms with Gasteiger partial charge in [0.1, 0.15) is 0 Å². The first-order chi connectivity index (χ1) is 16.1. The summed E-state index contributed by atoms with van der Waals surface area (Å²) in [5.41, 5.74) is 1.70. The van der Waals surface area contributed by atoms with Gasteiger partial charge >= 0.3 is 0 Å². The number of rotatable bonds is 8. The summed E-state index contributed by atoms with van der Waals surface area (Å²) >= 11 is 0. The molecule has 2 fully saturated rings. The van der Waals surface area contributed by atoms with Crippen LogP contribution in [0.4, 0.5) is 0 Å². The van der Waals surface area contributed by atoms with Crippen molar-refractivity contribution < 1.29 is 9.59 Å². The molecule has 1 unspecified atom stereocenters. The second-order valence-corrected chi connectivity index (χ2v) is 9.64. The normalized spacial score (nSPS) is 20.5. The lowest BCUT2D eigenvalue weighted by Gasteiger charge is -2.41. The highest BCUT2D eigenvalue weighted by atomic mass is 16.2. The standard InChI is InChI=1S/C28H37N3O2/c1-30-20-8-13-25(30)16-19-29-27(33)28(24-11-6-3-7-12-24)17-21-31(22-18-28)26(32)15-14-23-9-4-2-5-10-23/h2-7,9-12,25H,8,13-22H2,1H3,(H,29,33). The molecular weight excluding hydrogens is 410 g/mol. The molecule has 0 aliphatic carbocycles. The fourth-order valence-corrected chi connectivity index (χ4v) is 5.46. The number of benzene rings is 2. The molecule has 2 aliphatic heterocycles. The van der Waals surface area contributed by atoms with Gasteiger partial charge < -0.3 is 15.1 Å². The molecule has 2 amide bonds. The number of carbonyl (C=O) groups is 2. The molecule has 2 aliphatic rings. The van der Waals surface area contributed by atoms with Gasteiger partial charge in [0.2, 0.25) is 11.8 Å². The summed E-state index contributed by atoms with van der Waals surface area (Å²) in [7, 11) is 2.18. The fourth-order valence-electron chi connectivity index (χ4n) is 5.46. The molecule has 0 aromatic heterocycles. The lowest BCUT2D eigenvalue weighted by Crippen LogP contribution is -2.53. The third kappa shape index (κ3) is 5.64.